The van der Waals surface area contributed by atoms with E-state index in [1.165, 1.54) is 6.34 Å². The van der Waals surface area contributed by atoms with Crippen molar-refractivity contribution < 1.29 is 23.4 Å². The summed E-state index contributed by atoms with van der Waals surface area (Å²) >= 11 is 0. The number of ether oxygens (including phenoxy) is 1. The molecular weight excluding hydrogens is 354 g/mol. The van der Waals surface area contributed by atoms with Gasteiger partial charge < -0.3 is 14.7 Å². The van der Waals surface area contributed by atoms with E-state index in [4.69, 9.17) is 10.1 Å². The molecule has 1 aliphatic carbocycles. The number of alkyl halides is 2. The summed E-state index contributed by atoms with van der Waals surface area (Å²) in [5.74, 6) is -4.65. The SMILES string of the molecule is N=CN1CC=C(COC(=O)[C@](O)(c2ccccc2)[C@@H]2CCC(F)(F)C2)CC1. The highest BCUT2D eigenvalue weighted by atomic mass is 19.3. The van der Waals surface area contributed by atoms with Crippen molar-refractivity contribution in [2.45, 2.75) is 37.2 Å². The predicted molar refractivity (Wildman–Crippen MR) is 96.6 cm³/mol. The highest BCUT2D eigenvalue weighted by molar-refractivity contribution is 5.81. The summed E-state index contributed by atoms with van der Waals surface area (Å²) in [6.45, 7) is 1.24. The molecule has 7 heteroatoms. The van der Waals surface area contributed by atoms with Crippen LogP contribution >= 0.6 is 0 Å². The molecule has 146 valence electrons. The Morgan fingerprint density at radius 1 is 1.41 bits per heavy atom. The molecule has 0 aromatic heterocycles. The Morgan fingerprint density at radius 3 is 2.70 bits per heavy atom. The molecule has 0 bridgehead atoms. The minimum atomic E-state index is -2.88. The van der Waals surface area contributed by atoms with E-state index in [1.54, 1.807) is 30.3 Å². The lowest BCUT2D eigenvalue weighted by molar-refractivity contribution is -0.173. The third kappa shape index (κ3) is 4.18. The zero-order chi connectivity index (χ0) is 19.5. The number of nitrogens with one attached hydrogen (secondary N) is 1. The van der Waals surface area contributed by atoms with Crippen LogP contribution in [0.15, 0.2) is 42.0 Å². The second kappa shape index (κ2) is 7.76. The summed E-state index contributed by atoms with van der Waals surface area (Å²) < 4.78 is 32.9. The standard InChI is InChI=1S/C20H24F2N2O3/c21-19(22)9-6-17(12-19)20(26,16-4-2-1-3-5-16)18(25)27-13-15-7-10-24(14-23)11-8-15/h1-5,7,14,17,23,26H,6,8-13H2/t17-,20+/m1/s1. The quantitative estimate of drug-likeness (QED) is 0.345. The van der Waals surface area contributed by atoms with Crippen molar-refractivity contribution in [1.29, 1.82) is 5.41 Å². The molecule has 2 atom stereocenters. The first-order valence-corrected chi connectivity index (χ1v) is 9.10. The van der Waals surface area contributed by atoms with Crippen molar-refractivity contribution >= 4 is 12.3 Å². The zero-order valence-corrected chi connectivity index (χ0v) is 15.0. The van der Waals surface area contributed by atoms with Gasteiger partial charge in [-0.3, -0.25) is 5.41 Å². The highest BCUT2D eigenvalue weighted by Crippen LogP contribution is 2.47. The van der Waals surface area contributed by atoms with E-state index in [1.807, 2.05) is 11.0 Å². The summed E-state index contributed by atoms with van der Waals surface area (Å²) in [6.07, 6.45) is 2.97. The fourth-order valence-corrected chi connectivity index (χ4v) is 3.76. The molecule has 0 spiro atoms. The molecular formula is C20H24F2N2O3. The van der Waals surface area contributed by atoms with E-state index in [2.05, 4.69) is 0 Å². The van der Waals surface area contributed by atoms with Gasteiger partial charge in [-0.1, -0.05) is 36.4 Å². The number of esters is 1. The molecule has 3 rings (SSSR count). The van der Waals surface area contributed by atoms with Crippen LogP contribution in [0.2, 0.25) is 0 Å². The van der Waals surface area contributed by atoms with Crippen LogP contribution in [-0.4, -0.2) is 47.9 Å². The van der Waals surface area contributed by atoms with E-state index in [0.29, 0.717) is 19.5 Å². The summed E-state index contributed by atoms with van der Waals surface area (Å²) in [4.78, 5) is 14.6. The van der Waals surface area contributed by atoms with Gasteiger partial charge in [0.25, 0.3) is 0 Å². The van der Waals surface area contributed by atoms with Crippen LogP contribution in [0.25, 0.3) is 0 Å². The molecule has 0 amide bonds. The molecule has 5 nitrogen and oxygen atoms in total. The average molecular weight is 378 g/mol. The van der Waals surface area contributed by atoms with Crippen LogP contribution in [0, 0.1) is 11.3 Å². The maximum Gasteiger partial charge on any atom is 0.343 e. The monoisotopic (exact) mass is 378 g/mol. The molecule has 0 unspecified atom stereocenters. The summed E-state index contributed by atoms with van der Waals surface area (Å²) in [5, 5.41) is 18.5. The lowest BCUT2D eigenvalue weighted by atomic mass is 9.80. The molecule has 1 aliphatic heterocycles. The number of rotatable bonds is 6. The first kappa shape index (κ1) is 19.5. The molecule has 27 heavy (non-hydrogen) atoms. The molecule has 1 saturated carbocycles. The molecule has 0 saturated heterocycles. The maximum atomic E-state index is 13.8. The Bertz CT molecular complexity index is 723. The van der Waals surface area contributed by atoms with Gasteiger partial charge in [0.2, 0.25) is 5.92 Å². The first-order valence-electron chi connectivity index (χ1n) is 9.10. The zero-order valence-electron chi connectivity index (χ0n) is 15.0. The maximum absolute atomic E-state index is 13.8. The number of halogens is 2. The fourth-order valence-electron chi connectivity index (χ4n) is 3.76. The van der Waals surface area contributed by atoms with E-state index >= 15 is 0 Å². The van der Waals surface area contributed by atoms with Gasteiger partial charge in [-0.15, -0.1) is 0 Å². The van der Waals surface area contributed by atoms with Gasteiger partial charge >= 0.3 is 5.97 Å². The number of carbonyl (C=O) groups is 1. The van der Waals surface area contributed by atoms with E-state index in [9.17, 15) is 18.7 Å². The van der Waals surface area contributed by atoms with Crippen LogP contribution in [-0.2, 0) is 15.1 Å². The number of hydrogen-bond donors (Lipinski definition) is 2. The molecule has 1 aromatic rings. The first-order chi connectivity index (χ1) is 12.8. The number of nitrogens with zero attached hydrogens (tertiary/aromatic N) is 1. The van der Waals surface area contributed by atoms with E-state index in [-0.39, 0.29) is 25.0 Å². The third-order valence-corrected chi connectivity index (χ3v) is 5.43. The van der Waals surface area contributed by atoms with Gasteiger partial charge in [0.05, 0.1) is 6.34 Å². The van der Waals surface area contributed by atoms with Crippen molar-refractivity contribution in [2.24, 2.45) is 5.92 Å². The topological polar surface area (TPSA) is 73.6 Å². The fraction of sp³-hybridized carbons (Fsp3) is 0.500. The van der Waals surface area contributed by atoms with Crippen molar-refractivity contribution in [1.82, 2.24) is 4.90 Å². The Kier molecular flexibility index (Phi) is 5.60. The number of hydrogen-bond acceptors (Lipinski definition) is 4. The third-order valence-electron chi connectivity index (χ3n) is 5.43. The van der Waals surface area contributed by atoms with E-state index in [0.717, 1.165) is 5.57 Å². The Hall–Kier alpha value is -2.28. The van der Waals surface area contributed by atoms with Gasteiger partial charge in [0, 0.05) is 31.8 Å². The second-order valence-electron chi connectivity index (χ2n) is 7.24. The molecule has 0 radical (unpaired) electrons. The lowest BCUT2D eigenvalue weighted by Crippen LogP contribution is -2.44. The van der Waals surface area contributed by atoms with Crippen molar-refractivity contribution in [3.05, 3.63) is 47.5 Å². The summed E-state index contributed by atoms with van der Waals surface area (Å²) in [7, 11) is 0. The van der Waals surface area contributed by atoms with Crippen molar-refractivity contribution in [3.63, 3.8) is 0 Å². The average Bonchev–Trinajstić information content (AvgIpc) is 3.06. The number of benzene rings is 1. The highest BCUT2D eigenvalue weighted by Gasteiger charge is 2.54. The molecule has 1 fully saturated rings. The largest absolute Gasteiger partial charge is 0.459 e. The number of carbonyl (C=O) groups excluding carboxylic acids is 1. The van der Waals surface area contributed by atoms with Gasteiger partial charge in [0.1, 0.15) is 6.61 Å². The van der Waals surface area contributed by atoms with Crippen LogP contribution in [0.5, 0.6) is 0 Å². The predicted octanol–water partition coefficient (Wildman–Crippen LogP) is 3.09. The van der Waals surface area contributed by atoms with Crippen LogP contribution in [0.4, 0.5) is 8.78 Å². The van der Waals surface area contributed by atoms with Crippen molar-refractivity contribution in [2.75, 3.05) is 19.7 Å². The molecule has 1 heterocycles. The van der Waals surface area contributed by atoms with Gasteiger partial charge in [-0.25, -0.2) is 13.6 Å². The number of aliphatic hydroxyl groups is 1. The summed E-state index contributed by atoms with van der Waals surface area (Å²) in [5.41, 5.74) is -0.906. The Balaban J connectivity index is 1.76. The minimum absolute atomic E-state index is 0.0168. The smallest absolute Gasteiger partial charge is 0.343 e. The molecule has 2 aliphatic rings. The Morgan fingerprint density at radius 2 is 2.15 bits per heavy atom. The van der Waals surface area contributed by atoms with Crippen molar-refractivity contribution in [3.8, 4) is 0 Å². The minimum Gasteiger partial charge on any atom is -0.459 e. The normalized spacial score (nSPS) is 24.0. The second-order valence-corrected chi connectivity index (χ2v) is 7.24. The van der Waals surface area contributed by atoms with Crippen LogP contribution in [0.3, 0.4) is 0 Å². The van der Waals surface area contributed by atoms with E-state index < -0.39 is 29.8 Å². The van der Waals surface area contributed by atoms with Crippen LogP contribution < -0.4 is 0 Å². The Labute approximate surface area is 157 Å². The molecule has 2 N–H and O–H groups in total. The van der Waals surface area contributed by atoms with Gasteiger partial charge in [0.15, 0.2) is 5.60 Å². The van der Waals surface area contributed by atoms with Crippen LogP contribution in [0.1, 0.15) is 31.2 Å². The lowest BCUT2D eigenvalue weighted by Gasteiger charge is -2.32. The van der Waals surface area contributed by atoms with Gasteiger partial charge in [-0.05, 0) is 24.0 Å². The van der Waals surface area contributed by atoms with Gasteiger partial charge in [-0.2, -0.15) is 0 Å². The molecule has 1 aromatic carbocycles. The summed E-state index contributed by atoms with van der Waals surface area (Å²) in [6, 6.07) is 8.20.